The molecular weight excluding hydrogens is 463 g/mol. The second-order valence-corrected chi connectivity index (χ2v) is 9.80. The maximum atomic E-state index is 12.7. The second-order valence-electron chi connectivity index (χ2n) is 8.41. The van der Waals surface area contributed by atoms with E-state index in [1.807, 2.05) is 0 Å². The number of hydrogen-bond acceptors (Lipinski definition) is 4. The Kier molecular flexibility index (Phi) is 15.9. The fraction of sp³-hybridized carbons (Fsp3) is 0.538. The van der Waals surface area contributed by atoms with Crippen molar-refractivity contribution in [1.29, 1.82) is 0 Å². The first-order chi connectivity index (χ1) is 15.4. The molecule has 0 unspecified atom stereocenters. The van der Waals surface area contributed by atoms with E-state index >= 15 is 0 Å². The van der Waals surface area contributed by atoms with Crippen LogP contribution in [0.5, 0.6) is 17.2 Å². The van der Waals surface area contributed by atoms with E-state index in [-0.39, 0.29) is 73.5 Å². The van der Waals surface area contributed by atoms with Crippen molar-refractivity contribution in [2.75, 3.05) is 0 Å². The van der Waals surface area contributed by atoms with Gasteiger partial charge in [-0.1, -0.05) is 113 Å². The first kappa shape index (κ1) is 30.6. The predicted molar refractivity (Wildman–Crippen MR) is 127 cm³/mol. The van der Waals surface area contributed by atoms with Crippen molar-refractivity contribution in [3.63, 3.8) is 0 Å². The van der Waals surface area contributed by atoms with E-state index in [0.717, 1.165) is 12.8 Å². The van der Waals surface area contributed by atoms with Crippen LogP contribution in [0.3, 0.4) is 0 Å². The van der Waals surface area contributed by atoms with Gasteiger partial charge in [-0.3, -0.25) is 4.55 Å². The Balaban J connectivity index is 0.00000544. The molecule has 0 fully saturated rings. The largest absolute Gasteiger partial charge is 1.00 e. The summed E-state index contributed by atoms with van der Waals surface area (Å²) in [6.07, 6.45) is 15.8. The zero-order chi connectivity index (χ0) is 23.2. The van der Waals surface area contributed by atoms with Crippen molar-refractivity contribution in [3.05, 3.63) is 48.0 Å². The normalized spacial score (nSPS) is 11.2. The number of benzene rings is 2. The summed E-state index contributed by atoms with van der Waals surface area (Å²) in [5.74, 6) is -0.229. The Morgan fingerprint density at radius 2 is 1.27 bits per heavy atom. The predicted octanol–water partition coefficient (Wildman–Crippen LogP) is 4.05. The summed E-state index contributed by atoms with van der Waals surface area (Å²) >= 11 is 0. The Labute approximate surface area is 242 Å². The van der Waals surface area contributed by atoms with Crippen molar-refractivity contribution in [1.82, 2.24) is 0 Å². The number of unbranched alkanes of at least 4 members (excludes halogenated alkanes) is 11. The second kappa shape index (κ2) is 17.1. The van der Waals surface area contributed by atoms with Crippen LogP contribution in [0.15, 0.2) is 47.4 Å². The molecule has 0 heterocycles. The summed E-state index contributed by atoms with van der Waals surface area (Å²) in [4.78, 5) is -0.356. The summed E-state index contributed by atoms with van der Waals surface area (Å²) in [5, 5.41) is 12.7. The number of hydrogen-bond donors (Lipinski definition) is 1. The molecule has 0 radical (unpaired) electrons. The molecule has 2 aromatic rings. The van der Waals surface area contributed by atoms with Gasteiger partial charge in [0.25, 0.3) is 10.1 Å². The summed E-state index contributed by atoms with van der Waals surface area (Å²) in [7, 11) is -4.44. The number of aryl methyl sites for hydroxylation is 1. The van der Waals surface area contributed by atoms with E-state index in [0.29, 0.717) is 12.0 Å². The van der Waals surface area contributed by atoms with Gasteiger partial charge in [-0.2, -0.15) is 8.42 Å². The molecule has 2 rings (SSSR count). The van der Waals surface area contributed by atoms with Gasteiger partial charge in [0.15, 0.2) is 0 Å². The van der Waals surface area contributed by atoms with E-state index in [4.69, 9.17) is 4.74 Å². The summed E-state index contributed by atoms with van der Waals surface area (Å²) in [5.41, 5.74) is 0.666. The smallest absolute Gasteiger partial charge is 0.870 e. The molecule has 0 amide bonds. The zero-order valence-electron chi connectivity index (χ0n) is 20.2. The molecule has 1 N–H and O–H groups in total. The maximum absolute atomic E-state index is 12.7. The molecule has 0 spiro atoms. The Morgan fingerprint density at radius 1 is 0.758 bits per heavy atom. The van der Waals surface area contributed by atoms with Crippen LogP contribution in [0.1, 0.15) is 89.5 Å². The number of para-hydroxylation sites is 2. The van der Waals surface area contributed by atoms with Crippen molar-refractivity contribution < 1.29 is 74.2 Å². The Bertz CT molecular complexity index is 915. The third-order valence-electron chi connectivity index (χ3n) is 5.71. The van der Waals surface area contributed by atoms with Gasteiger partial charge in [0.1, 0.15) is 16.4 Å². The molecule has 33 heavy (non-hydrogen) atoms. The Hall–Kier alpha value is -0.414. The van der Waals surface area contributed by atoms with Crippen LogP contribution in [-0.2, 0) is 16.5 Å². The van der Waals surface area contributed by atoms with Gasteiger partial charge in [-0.15, -0.1) is 0 Å². The third kappa shape index (κ3) is 11.7. The van der Waals surface area contributed by atoms with Crippen LogP contribution in [0.25, 0.3) is 0 Å². The zero-order valence-corrected chi connectivity index (χ0v) is 24.2. The van der Waals surface area contributed by atoms with E-state index < -0.39 is 10.1 Å². The van der Waals surface area contributed by atoms with Gasteiger partial charge in [0.2, 0.25) is 0 Å². The number of rotatable bonds is 16. The fourth-order valence-electron chi connectivity index (χ4n) is 3.86. The van der Waals surface area contributed by atoms with E-state index in [1.54, 1.807) is 18.2 Å². The van der Waals surface area contributed by atoms with Crippen LogP contribution in [0, 0.1) is 0 Å². The summed E-state index contributed by atoms with van der Waals surface area (Å²) in [6.45, 7) is 2.25. The maximum Gasteiger partial charge on any atom is 1.00 e. The molecule has 0 saturated carbocycles. The Morgan fingerprint density at radius 3 is 1.85 bits per heavy atom. The van der Waals surface area contributed by atoms with Crippen LogP contribution in [0.2, 0.25) is 0 Å². The topological polar surface area (TPSA) is 86.7 Å². The van der Waals surface area contributed by atoms with Gasteiger partial charge in [0.05, 0.1) is 0 Å². The van der Waals surface area contributed by atoms with Crippen molar-refractivity contribution in [2.24, 2.45) is 0 Å². The monoisotopic (exact) mass is 500 g/mol. The molecular formula is C26H37KO5S. The molecule has 178 valence electrons. The molecule has 7 heteroatoms. The van der Waals surface area contributed by atoms with Gasteiger partial charge >= 0.3 is 51.4 Å². The van der Waals surface area contributed by atoms with E-state index in [9.17, 15) is 18.1 Å². The molecule has 2 aromatic carbocycles. The quantitative estimate of drug-likeness (QED) is 0.213. The average Bonchev–Trinajstić information content (AvgIpc) is 2.76. The molecule has 0 aliphatic rings. The van der Waals surface area contributed by atoms with Crippen LogP contribution in [-0.4, -0.2) is 13.0 Å². The standard InChI is InChI=1S/C26H38O5S.K/c1-2-3-4-5-6-7-8-9-10-11-12-13-17-22-18-16-20-24(26(22)27)31-23-19-14-15-21-25(23)32(28,29)30;/h14-16,18-21,27H,2-13,17H2,1H3,(H,28,29,30);/q;+1/p-1. The minimum atomic E-state index is -4.44. The van der Waals surface area contributed by atoms with Crippen LogP contribution < -0.4 is 61.2 Å². The van der Waals surface area contributed by atoms with Gasteiger partial charge in [-0.05, 0) is 31.0 Å². The summed E-state index contributed by atoms with van der Waals surface area (Å²) < 4.78 is 38.0. The SMILES string of the molecule is CCCCCCCCCCCCCCc1cccc(Oc2ccccc2S(=O)(=O)O)c1[O-].[K+]. The molecule has 0 aliphatic heterocycles. The van der Waals surface area contributed by atoms with Gasteiger partial charge in [-0.25, -0.2) is 0 Å². The van der Waals surface area contributed by atoms with Gasteiger partial charge < -0.3 is 9.84 Å². The molecule has 0 bridgehead atoms. The van der Waals surface area contributed by atoms with Crippen LogP contribution in [0.4, 0.5) is 0 Å². The van der Waals surface area contributed by atoms with E-state index in [1.165, 1.54) is 88.5 Å². The van der Waals surface area contributed by atoms with Crippen LogP contribution >= 0.6 is 0 Å². The van der Waals surface area contributed by atoms with Crippen molar-refractivity contribution in [2.45, 2.75) is 95.3 Å². The molecule has 0 saturated heterocycles. The molecule has 0 aliphatic carbocycles. The minimum absolute atomic E-state index is 0. The van der Waals surface area contributed by atoms with Crippen molar-refractivity contribution >= 4 is 10.1 Å². The van der Waals surface area contributed by atoms with Crippen molar-refractivity contribution in [3.8, 4) is 17.2 Å². The molecule has 5 nitrogen and oxygen atoms in total. The fourth-order valence-corrected chi connectivity index (χ4v) is 4.48. The number of ether oxygens (including phenoxy) is 1. The molecule has 0 aromatic heterocycles. The van der Waals surface area contributed by atoms with E-state index in [2.05, 4.69) is 6.92 Å². The average molecular weight is 501 g/mol. The first-order valence-corrected chi connectivity index (χ1v) is 13.4. The minimum Gasteiger partial charge on any atom is -0.870 e. The third-order valence-corrected chi connectivity index (χ3v) is 6.60. The first-order valence-electron chi connectivity index (χ1n) is 12.0. The van der Waals surface area contributed by atoms with Gasteiger partial charge in [0, 0.05) is 0 Å². The molecule has 0 atom stereocenters. The summed E-state index contributed by atoms with van der Waals surface area (Å²) in [6, 6.07) is 10.8.